The number of carbonyl (C=O) groups excluding carboxylic acids is 1. The minimum absolute atomic E-state index is 0.223. The second-order valence-electron chi connectivity index (χ2n) is 6.13. The number of benzene rings is 2. The third-order valence-corrected chi connectivity index (χ3v) is 4.72. The zero-order valence-electron chi connectivity index (χ0n) is 16.3. The minimum Gasteiger partial charge on any atom is -0.488 e. The van der Waals surface area contributed by atoms with E-state index in [9.17, 15) is 4.79 Å². The van der Waals surface area contributed by atoms with Crippen LogP contribution in [0.3, 0.4) is 0 Å². The van der Waals surface area contributed by atoms with Gasteiger partial charge in [-0.3, -0.25) is 5.01 Å². The first-order valence-electron chi connectivity index (χ1n) is 8.42. The summed E-state index contributed by atoms with van der Waals surface area (Å²) in [4.78, 5) is 16.9. The molecule has 9 heteroatoms. The van der Waals surface area contributed by atoms with Gasteiger partial charge >= 0.3 is 6.03 Å². The Hall–Kier alpha value is -2.62. The van der Waals surface area contributed by atoms with Crippen molar-refractivity contribution >= 4 is 33.4 Å². The van der Waals surface area contributed by atoms with Crippen LogP contribution in [0.5, 0.6) is 5.75 Å². The molecule has 2 rings (SSSR count). The topological polar surface area (TPSA) is 106 Å². The van der Waals surface area contributed by atoms with Crippen molar-refractivity contribution in [2.45, 2.75) is 20.5 Å². The van der Waals surface area contributed by atoms with E-state index in [1.54, 1.807) is 6.07 Å². The van der Waals surface area contributed by atoms with Crippen molar-refractivity contribution < 1.29 is 14.4 Å². The number of urea groups is 1. The van der Waals surface area contributed by atoms with E-state index in [1.165, 1.54) is 14.2 Å². The molecule has 0 radical (unpaired) electrons. The van der Waals surface area contributed by atoms with Crippen molar-refractivity contribution in [1.82, 2.24) is 5.01 Å². The monoisotopic (exact) mass is 449 g/mol. The molecule has 0 unspecified atom stereocenters. The fraction of sp³-hybridized carbons (Fsp3) is 0.263. The summed E-state index contributed by atoms with van der Waals surface area (Å²) in [6.45, 7) is 4.00. The van der Waals surface area contributed by atoms with Crippen molar-refractivity contribution in [3.05, 3.63) is 57.6 Å². The fourth-order valence-corrected chi connectivity index (χ4v) is 3.05. The highest BCUT2D eigenvalue weighted by Crippen LogP contribution is 2.29. The summed E-state index contributed by atoms with van der Waals surface area (Å²) in [7, 11) is 2.94. The van der Waals surface area contributed by atoms with Crippen molar-refractivity contribution in [3.8, 4) is 5.75 Å². The van der Waals surface area contributed by atoms with Gasteiger partial charge in [-0.2, -0.15) is 0 Å². The van der Waals surface area contributed by atoms with Crippen LogP contribution in [0.4, 0.5) is 10.5 Å². The largest absolute Gasteiger partial charge is 0.488 e. The molecule has 0 saturated carbocycles. The van der Waals surface area contributed by atoms with E-state index in [-0.39, 0.29) is 6.61 Å². The normalized spacial score (nSPS) is 11.2. The molecule has 0 aliphatic rings. The van der Waals surface area contributed by atoms with Gasteiger partial charge in [0.25, 0.3) is 0 Å². The Morgan fingerprint density at radius 3 is 2.57 bits per heavy atom. The van der Waals surface area contributed by atoms with Gasteiger partial charge in [0.15, 0.2) is 0 Å². The minimum atomic E-state index is -0.537. The molecule has 0 atom stereocenters. The van der Waals surface area contributed by atoms with E-state index in [1.807, 2.05) is 44.2 Å². The van der Waals surface area contributed by atoms with Gasteiger partial charge in [0.1, 0.15) is 19.5 Å². The molecule has 2 aromatic carbocycles. The highest BCUT2D eigenvalue weighted by molar-refractivity contribution is 9.10. The lowest BCUT2D eigenvalue weighted by Gasteiger charge is -2.24. The highest BCUT2D eigenvalue weighted by atomic mass is 79.9. The Labute approximate surface area is 172 Å². The number of hydrogen-bond donors (Lipinski definition) is 2. The van der Waals surface area contributed by atoms with Crippen molar-refractivity contribution in [3.63, 3.8) is 0 Å². The van der Waals surface area contributed by atoms with Crippen LogP contribution < -0.4 is 21.4 Å². The zero-order chi connectivity index (χ0) is 20.8. The Morgan fingerprint density at radius 2 is 1.96 bits per heavy atom. The molecule has 8 nitrogen and oxygen atoms in total. The third-order valence-electron chi connectivity index (χ3n) is 4.10. The molecule has 150 valence electrons. The number of hydrogen-bond acceptors (Lipinski definition) is 6. The van der Waals surface area contributed by atoms with Crippen LogP contribution in [0.25, 0.3) is 0 Å². The number of amides is 2. The number of carbonyl (C=O) groups is 1. The molecule has 0 spiro atoms. The first kappa shape index (κ1) is 21.7. The summed E-state index contributed by atoms with van der Waals surface area (Å²) in [6.07, 6.45) is 0. The third kappa shape index (κ3) is 5.00. The second-order valence-corrected chi connectivity index (χ2v) is 6.98. The van der Waals surface area contributed by atoms with Crippen LogP contribution in [-0.4, -0.2) is 30.9 Å². The van der Waals surface area contributed by atoms with Gasteiger partial charge in [0, 0.05) is 18.2 Å². The van der Waals surface area contributed by atoms with Crippen molar-refractivity contribution in [1.29, 1.82) is 0 Å². The summed E-state index contributed by atoms with van der Waals surface area (Å²) in [5.41, 5.74) is 3.91. The first-order chi connectivity index (χ1) is 13.3. The lowest BCUT2D eigenvalue weighted by Crippen LogP contribution is -2.49. The van der Waals surface area contributed by atoms with E-state index in [2.05, 4.69) is 21.1 Å². The molecule has 0 saturated heterocycles. The van der Waals surface area contributed by atoms with E-state index < -0.39 is 6.03 Å². The van der Waals surface area contributed by atoms with Gasteiger partial charge in [0.05, 0.1) is 15.9 Å². The lowest BCUT2D eigenvalue weighted by molar-refractivity contribution is 0.213. The van der Waals surface area contributed by atoms with E-state index in [4.69, 9.17) is 21.3 Å². The van der Waals surface area contributed by atoms with Crippen LogP contribution in [0.15, 0.2) is 46.0 Å². The molecule has 28 heavy (non-hydrogen) atoms. The number of rotatable bonds is 6. The second kappa shape index (κ2) is 9.54. The number of anilines is 1. The van der Waals surface area contributed by atoms with E-state index >= 15 is 0 Å². The molecule has 0 aliphatic heterocycles. The number of nitrogens with two attached hydrogens (primary N) is 2. The number of hydrazine groups is 2. The van der Waals surface area contributed by atoms with Crippen LogP contribution in [-0.2, 0) is 11.4 Å². The SMILES string of the molecule is CO/N=C(\C)c1ccc(OCc2c(C)cccc2N(N)C(=O)N(C)N)c(Br)c1. The molecule has 0 aliphatic carbocycles. The molecule has 0 bridgehead atoms. The standard InChI is InChI=1S/C19H24BrN5O3/c1-12-6-5-7-17(25(22)19(26)24(3)21)15(12)11-28-18-9-8-14(10-16(18)20)13(2)23-27-4/h5-10H,11,21-22H2,1-4H3/b23-13+. The Morgan fingerprint density at radius 1 is 1.25 bits per heavy atom. The molecular weight excluding hydrogens is 426 g/mol. The molecular formula is C19H24BrN5O3. The summed E-state index contributed by atoms with van der Waals surface area (Å²) in [6, 6.07) is 10.6. The number of oxime groups is 1. The van der Waals surface area contributed by atoms with Gasteiger partial charge in [-0.1, -0.05) is 17.3 Å². The Bertz CT molecular complexity index is 886. The van der Waals surface area contributed by atoms with Crippen LogP contribution in [0.1, 0.15) is 23.6 Å². The average Bonchev–Trinajstić information content (AvgIpc) is 2.66. The summed E-state index contributed by atoms with van der Waals surface area (Å²) >= 11 is 3.52. The summed E-state index contributed by atoms with van der Waals surface area (Å²) < 4.78 is 6.74. The predicted octanol–water partition coefficient (Wildman–Crippen LogP) is 3.31. The van der Waals surface area contributed by atoms with Gasteiger partial charge in [-0.05, 0) is 59.6 Å². The first-order valence-corrected chi connectivity index (χ1v) is 9.21. The quantitative estimate of drug-likeness (QED) is 0.304. The van der Waals surface area contributed by atoms with Gasteiger partial charge in [-0.25, -0.2) is 21.5 Å². The zero-order valence-corrected chi connectivity index (χ0v) is 17.9. The molecule has 0 heterocycles. The molecule has 0 aromatic heterocycles. The van der Waals surface area contributed by atoms with Crippen LogP contribution >= 0.6 is 15.9 Å². The van der Waals surface area contributed by atoms with Crippen LogP contribution in [0.2, 0.25) is 0 Å². The lowest BCUT2D eigenvalue weighted by atomic mass is 10.1. The summed E-state index contributed by atoms with van der Waals surface area (Å²) in [5.74, 6) is 12.1. The molecule has 4 N–H and O–H groups in total. The average molecular weight is 450 g/mol. The number of ether oxygens (including phenoxy) is 1. The van der Waals surface area contributed by atoms with Crippen LogP contribution in [0, 0.1) is 6.92 Å². The van der Waals surface area contributed by atoms with Gasteiger partial charge < -0.3 is 9.57 Å². The number of halogens is 1. The van der Waals surface area contributed by atoms with Gasteiger partial charge in [-0.15, -0.1) is 0 Å². The number of aryl methyl sites for hydroxylation is 1. The van der Waals surface area contributed by atoms with E-state index in [0.717, 1.165) is 36.9 Å². The highest BCUT2D eigenvalue weighted by Gasteiger charge is 2.19. The number of nitrogens with zero attached hydrogens (tertiary/aromatic N) is 3. The maximum absolute atomic E-state index is 12.1. The van der Waals surface area contributed by atoms with Crippen molar-refractivity contribution in [2.24, 2.45) is 16.8 Å². The Balaban J connectivity index is 2.26. The predicted molar refractivity (Wildman–Crippen MR) is 113 cm³/mol. The molecule has 2 amide bonds. The smallest absolute Gasteiger partial charge is 0.352 e. The van der Waals surface area contributed by atoms with Gasteiger partial charge in [0.2, 0.25) is 0 Å². The maximum atomic E-state index is 12.1. The Kier molecular flexibility index (Phi) is 7.38. The maximum Gasteiger partial charge on any atom is 0.352 e. The molecule has 2 aromatic rings. The van der Waals surface area contributed by atoms with E-state index in [0.29, 0.717) is 11.4 Å². The fourth-order valence-electron chi connectivity index (χ4n) is 2.56. The van der Waals surface area contributed by atoms with Crippen molar-refractivity contribution in [2.75, 3.05) is 19.2 Å². The summed E-state index contributed by atoms with van der Waals surface area (Å²) in [5, 5.41) is 5.85. The molecule has 0 fully saturated rings.